The molecule has 1 heterocycles. The number of urea groups is 1. The summed E-state index contributed by atoms with van der Waals surface area (Å²) in [6.07, 6.45) is 0. The fourth-order valence-corrected chi connectivity index (χ4v) is 2.10. The maximum absolute atomic E-state index is 12.1. The molecule has 108 valence electrons. The molecule has 1 saturated heterocycles. The predicted octanol–water partition coefficient (Wildman–Crippen LogP) is 1.26. The van der Waals surface area contributed by atoms with Crippen molar-refractivity contribution in [2.75, 3.05) is 27.2 Å². The molecule has 1 aromatic carbocycles. The number of nitrogens with zero attached hydrogens (tertiary/aromatic N) is 2. The van der Waals surface area contributed by atoms with Crippen LogP contribution in [-0.4, -0.2) is 54.2 Å². The van der Waals surface area contributed by atoms with Crippen LogP contribution in [0.1, 0.15) is 5.56 Å². The van der Waals surface area contributed by atoms with Crippen molar-refractivity contribution in [3.8, 4) is 5.75 Å². The number of carbonyl (C=O) groups is 2. The average Bonchev–Trinajstić information content (AvgIpc) is 2.37. The van der Waals surface area contributed by atoms with E-state index in [1.165, 1.54) is 0 Å². The van der Waals surface area contributed by atoms with E-state index in [0.29, 0.717) is 19.6 Å². The number of likely N-dealkylation sites (tertiary alicyclic amines) is 1. The number of methoxy groups -OCH3 is 1. The standard InChI is InChI=1S/C14H18N2O4/c1-15(7-10-3-5-12(20-2)6-4-10)14(19)16-8-11(9-16)13(17)18/h3-6,11H,7-9H2,1-2H3,(H,17,18). The first-order valence-electron chi connectivity index (χ1n) is 6.37. The van der Waals surface area contributed by atoms with Crippen LogP contribution in [0.4, 0.5) is 4.79 Å². The second-order valence-electron chi connectivity index (χ2n) is 4.93. The van der Waals surface area contributed by atoms with Crippen molar-refractivity contribution in [1.29, 1.82) is 0 Å². The van der Waals surface area contributed by atoms with Crippen molar-refractivity contribution in [3.05, 3.63) is 29.8 Å². The number of carboxylic acids is 1. The first-order chi connectivity index (χ1) is 9.51. The van der Waals surface area contributed by atoms with Crippen LogP contribution in [0.5, 0.6) is 5.75 Å². The third kappa shape index (κ3) is 3.01. The van der Waals surface area contributed by atoms with Crippen LogP contribution in [0.25, 0.3) is 0 Å². The summed E-state index contributed by atoms with van der Waals surface area (Å²) in [7, 11) is 3.31. The molecular formula is C14H18N2O4. The van der Waals surface area contributed by atoms with E-state index in [4.69, 9.17) is 9.84 Å². The number of hydrogen-bond donors (Lipinski definition) is 1. The Labute approximate surface area is 117 Å². The van der Waals surface area contributed by atoms with Gasteiger partial charge in [0.1, 0.15) is 5.75 Å². The van der Waals surface area contributed by atoms with Gasteiger partial charge in [-0.25, -0.2) is 4.79 Å². The van der Waals surface area contributed by atoms with Crippen molar-refractivity contribution < 1.29 is 19.4 Å². The third-order valence-corrected chi connectivity index (χ3v) is 3.41. The van der Waals surface area contributed by atoms with Gasteiger partial charge in [-0.05, 0) is 17.7 Å². The highest BCUT2D eigenvalue weighted by molar-refractivity contribution is 5.79. The lowest BCUT2D eigenvalue weighted by molar-refractivity contribution is -0.146. The van der Waals surface area contributed by atoms with E-state index in [1.54, 1.807) is 24.0 Å². The normalized spacial score (nSPS) is 14.6. The van der Waals surface area contributed by atoms with E-state index < -0.39 is 11.9 Å². The maximum atomic E-state index is 12.1. The van der Waals surface area contributed by atoms with E-state index in [9.17, 15) is 9.59 Å². The first kappa shape index (κ1) is 14.2. The van der Waals surface area contributed by atoms with Gasteiger partial charge in [-0.2, -0.15) is 0 Å². The molecule has 0 spiro atoms. The van der Waals surface area contributed by atoms with Gasteiger partial charge in [-0.15, -0.1) is 0 Å². The molecule has 0 unspecified atom stereocenters. The van der Waals surface area contributed by atoms with Gasteiger partial charge < -0.3 is 19.6 Å². The molecule has 1 aliphatic heterocycles. The molecule has 2 amide bonds. The van der Waals surface area contributed by atoms with Crippen LogP contribution >= 0.6 is 0 Å². The number of carboxylic acid groups (broad SMARTS) is 1. The molecule has 6 nitrogen and oxygen atoms in total. The molecule has 2 rings (SSSR count). The highest BCUT2D eigenvalue weighted by Crippen LogP contribution is 2.18. The summed E-state index contributed by atoms with van der Waals surface area (Å²) in [5.41, 5.74) is 0.997. The average molecular weight is 278 g/mol. The Hall–Kier alpha value is -2.24. The van der Waals surface area contributed by atoms with Gasteiger partial charge in [0.05, 0.1) is 13.0 Å². The van der Waals surface area contributed by atoms with Gasteiger partial charge in [0.25, 0.3) is 0 Å². The van der Waals surface area contributed by atoms with Crippen LogP contribution in [0.3, 0.4) is 0 Å². The Bertz CT molecular complexity index is 494. The van der Waals surface area contributed by atoms with Crippen LogP contribution in [-0.2, 0) is 11.3 Å². The lowest BCUT2D eigenvalue weighted by Crippen LogP contribution is -2.56. The third-order valence-electron chi connectivity index (χ3n) is 3.41. The Morgan fingerprint density at radius 3 is 2.45 bits per heavy atom. The zero-order valence-electron chi connectivity index (χ0n) is 11.6. The molecule has 1 aliphatic rings. The highest BCUT2D eigenvalue weighted by atomic mass is 16.5. The maximum Gasteiger partial charge on any atom is 0.320 e. The zero-order valence-corrected chi connectivity index (χ0v) is 11.6. The molecule has 6 heteroatoms. The van der Waals surface area contributed by atoms with Gasteiger partial charge in [-0.3, -0.25) is 4.79 Å². The largest absolute Gasteiger partial charge is 0.497 e. The number of aliphatic carboxylic acids is 1. The van der Waals surface area contributed by atoms with Crippen LogP contribution in [0.15, 0.2) is 24.3 Å². The quantitative estimate of drug-likeness (QED) is 0.900. The SMILES string of the molecule is COc1ccc(CN(C)C(=O)N2CC(C(=O)O)C2)cc1. The van der Waals surface area contributed by atoms with Crippen molar-refractivity contribution >= 4 is 12.0 Å². The molecular weight excluding hydrogens is 260 g/mol. The van der Waals surface area contributed by atoms with Crippen molar-refractivity contribution in [3.63, 3.8) is 0 Å². The number of ether oxygens (including phenoxy) is 1. The summed E-state index contributed by atoms with van der Waals surface area (Å²) >= 11 is 0. The molecule has 0 saturated carbocycles. The Kier molecular flexibility index (Phi) is 4.12. The number of carbonyl (C=O) groups excluding carboxylic acids is 1. The monoisotopic (exact) mass is 278 g/mol. The smallest absolute Gasteiger partial charge is 0.320 e. The molecule has 1 aromatic rings. The minimum atomic E-state index is -0.841. The van der Waals surface area contributed by atoms with Crippen LogP contribution in [0, 0.1) is 5.92 Å². The van der Waals surface area contributed by atoms with Crippen molar-refractivity contribution in [1.82, 2.24) is 9.80 Å². The van der Waals surface area contributed by atoms with Gasteiger partial charge >= 0.3 is 12.0 Å². The summed E-state index contributed by atoms with van der Waals surface area (Å²) < 4.78 is 5.08. The topological polar surface area (TPSA) is 70.1 Å². The fraction of sp³-hybridized carbons (Fsp3) is 0.429. The van der Waals surface area contributed by atoms with E-state index in [-0.39, 0.29) is 6.03 Å². The Morgan fingerprint density at radius 2 is 1.95 bits per heavy atom. The Balaban J connectivity index is 1.86. The summed E-state index contributed by atoms with van der Waals surface area (Å²) in [5, 5.41) is 8.79. The molecule has 0 aromatic heterocycles. The van der Waals surface area contributed by atoms with Crippen molar-refractivity contribution in [2.45, 2.75) is 6.54 Å². The Morgan fingerprint density at radius 1 is 1.35 bits per heavy atom. The van der Waals surface area contributed by atoms with E-state index in [0.717, 1.165) is 11.3 Å². The molecule has 1 N–H and O–H groups in total. The van der Waals surface area contributed by atoms with Gasteiger partial charge in [0.15, 0.2) is 0 Å². The number of rotatable bonds is 4. The second-order valence-corrected chi connectivity index (χ2v) is 4.93. The number of hydrogen-bond acceptors (Lipinski definition) is 3. The molecule has 0 atom stereocenters. The number of benzene rings is 1. The molecule has 1 fully saturated rings. The zero-order chi connectivity index (χ0) is 14.7. The molecule has 20 heavy (non-hydrogen) atoms. The fourth-order valence-electron chi connectivity index (χ4n) is 2.10. The van der Waals surface area contributed by atoms with Crippen LogP contribution in [0.2, 0.25) is 0 Å². The lowest BCUT2D eigenvalue weighted by atomic mass is 10.0. The van der Waals surface area contributed by atoms with Crippen molar-refractivity contribution in [2.24, 2.45) is 5.92 Å². The lowest BCUT2D eigenvalue weighted by Gasteiger charge is -2.39. The summed E-state index contributed by atoms with van der Waals surface area (Å²) in [5.74, 6) is -0.491. The molecule has 0 radical (unpaired) electrons. The highest BCUT2D eigenvalue weighted by Gasteiger charge is 2.36. The van der Waals surface area contributed by atoms with Gasteiger partial charge in [-0.1, -0.05) is 12.1 Å². The predicted molar refractivity (Wildman–Crippen MR) is 72.6 cm³/mol. The minimum absolute atomic E-state index is 0.140. The second kappa shape index (κ2) is 5.81. The molecule has 0 aliphatic carbocycles. The summed E-state index contributed by atoms with van der Waals surface area (Å²) in [6, 6.07) is 7.35. The van der Waals surface area contributed by atoms with E-state index >= 15 is 0 Å². The van der Waals surface area contributed by atoms with Gasteiger partial charge in [0, 0.05) is 26.7 Å². The number of amides is 2. The summed E-state index contributed by atoms with van der Waals surface area (Å²) in [4.78, 5) is 25.9. The van der Waals surface area contributed by atoms with Crippen LogP contribution < -0.4 is 4.74 Å². The van der Waals surface area contributed by atoms with Gasteiger partial charge in [0.2, 0.25) is 0 Å². The minimum Gasteiger partial charge on any atom is -0.497 e. The summed E-state index contributed by atoms with van der Waals surface area (Å²) in [6.45, 7) is 1.07. The van der Waals surface area contributed by atoms with E-state index in [1.807, 2.05) is 24.3 Å². The first-order valence-corrected chi connectivity index (χ1v) is 6.37. The van der Waals surface area contributed by atoms with E-state index in [2.05, 4.69) is 0 Å². The molecule has 0 bridgehead atoms.